The van der Waals surface area contributed by atoms with Gasteiger partial charge in [-0.3, -0.25) is 9.69 Å². The summed E-state index contributed by atoms with van der Waals surface area (Å²) in [5.74, 6) is -1.12. The number of hydrogen-bond acceptors (Lipinski definition) is 5. The minimum absolute atomic E-state index is 0.0442. The lowest BCUT2D eigenvalue weighted by molar-refractivity contribution is -0.147. The average Bonchev–Trinajstić information content (AvgIpc) is 3.02. The second-order valence-electron chi connectivity index (χ2n) is 6.29. The number of hydrogen-bond donors (Lipinski definition) is 0. The Morgan fingerprint density at radius 1 is 1.11 bits per heavy atom. The summed E-state index contributed by atoms with van der Waals surface area (Å²) >= 11 is 0.974. The van der Waals surface area contributed by atoms with Gasteiger partial charge >= 0.3 is 6.18 Å². The summed E-state index contributed by atoms with van der Waals surface area (Å²) in [5.41, 5.74) is 1.23. The van der Waals surface area contributed by atoms with E-state index < -0.39 is 12.0 Å². The quantitative estimate of drug-likeness (QED) is 0.722. The van der Waals surface area contributed by atoms with Gasteiger partial charge in [-0.2, -0.15) is 13.2 Å². The van der Waals surface area contributed by atoms with Crippen LogP contribution in [0, 0.1) is 0 Å². The van der Waals surface area contributed by atoms with Gasteiger partial charge in [-0.25, -0.2) is 0 Å². The summed E-state index contributed by atoms with van der Waals surface area (Å²) in [6.07, 6.45) is -4.56. The fourth-order valence-electron chi connectivity index (χ4n) is 2.90. The highest BCUT2D eigenvalue weighted by molar-refractivity contribution is 7.99. The molecule has 6 nitrogen and oxygen atoms in total. The van der Waals surface area contributed by atoms with Gasteiger partial charge in [0.2, 0.25) is 11.7 Å². The molecular weight excluding hydrogens is 379 g/mol. The van der Waals surface area contributed by atoms with E-state index in [4.69, 9.17) is 0 Å². The van der Waals surface area contributed by atoms with E-state index in [1.165, 1.54) is 12.6 Å². The molecule has 0 aliphatic carbocycles. The molecule has 10 heteroatoms. The van der Waals surface area contributed by atoms with Gasteiger partial charge in [0.1, 0.15) is 0 Å². The fraction of sp³-hybridized carbons (Fsp3) is 0.471. The smallest absolute Gasteiger partial charge is 0.339 e. The zero-order valence-electron chi connectivity index (χ0n) is 14.8. The maximum absolute atomic E-state index is 12.7. The van der Waals surface area contributed by atoms with Crippen molar-refractivity contribution in [3.8, 4) is 0 Å². The number of benzene rings is 1. The molecule has 1 saturated heterocycles. The van der Waals surface area contributed by atoms with Crippen molar-refractivity contribution in [2.75, 3.05) is 31.9 Å². The first-order chi connectivity index (χ1) is 12.8. The third-order valence-corrected chi connectivity index (χ3v) is 5.39. The lowest BCUT2D eigenvalue weighted by atomic mass is 10.2. The van der Waals surface area contributed by atoms with Crippen LogP contribution in [-0.4, -0.2) is 62.4 Å². The van der Waals surface area contributed by atoms with Gasteiger partial charge < -0.3 is 9.47 Å². The first-order valence-corrected chi connectivity index (χ1v) is 9.46. The normalized spacial score (nSPS) is 15.9. The second-order valence-corrected chi connectivity index (χ2v) is 7.24. The van der Waals surface area contributed by atoms with Gasteiger partial charge in [-0.05, 0) is 5.56 Å². The Morgan fingerprint density at radius 2 is 1.78 bits per heavy atom. The van der Waals surface area contributed by atoms with E-state index in [0.29, 0.717) is 13.1 Å². The number of alkyl halides is 3. The van der Waals surface area contributed by atoms with Gasteiger partial charge in [-0.15, -0.1) is 10.2 Å². The molecule has 2 aromatic rings. The van der Waals surface area contributed by atoms with Gasteiger partial charge in [0.05, 0.1) is 5.75 Å². The van der Waals surface area contributed by atoms with Crippen molar-refractivity contribution >= 4 is 17.7 Å². The molecule has 1 amide bonds. The number of carbonyl (C=O) groups excluding carboxylic acids is 1. The molecule has 1 aliphatic rings. The highest BCUT2D eigenvalue weighted by Crippen LogP contribution is 2.29. The zero-order chi connectivity index (χ0) is 19.4. The molecule has 3 rings (SSSR count). The first-order valence-electron chi connectivity index (χ1n) is 8.48. The largest absolute Gasteiger partial charge is 0.451 e. The van der Waals surface area contributed by atoms with Crippen molar-refractivity contribution in [3.05, 3.63) is 41.7 Å². The lowest BCUT2D eigenvalue weighted by Crippen LogP contribution is -2.48. The summed E-state index contributed by atoms with van der Waals surface area (Å²) in [5, 5.41) is 6.78. The van der Waals surface area contributed by atoms with Crippen LogP contribution in [-0.2, 0) is 24.6 Å². The number of amides is 1. The van der Waals surface area contributed by atoms with Crippen molar-refractivity contribution in [2.45, 2.75) is 17.9 Å². The lowest BCUT2D eigenvalue weighted by Gasteiger charge is -2.34. The predicted octanol–water partition coefficient (Wildman–Crippen LogP) is 2.27. The van der Waals surface area contributed by atoms with Gasteiger partial charge in [0, 0.05) is 39.8 Å². The molecule has 146 valence electrons. The molecule has 0 atom stereocenters. The van der Waals surface area contributed by atoms with Crippen LogP contribution in [0.2, 0.25) is 0 Å². The molecule has 1 aromatic heterocycles. The van der Waals surface area contributed by atoms with Crippen molar-refractivity contribution in [1.29, 1.82) is 0 Å². The summed E-state index contributed by atoms with van der Waals surface area (Å²) in [7, 11) is 1.25. The van der Waals surface area contributed by atoms with E-state index >= 15 is 0 Å². The maximum Gasteiger partial charge on any atom is 0.451 e. The topological polar surface area (TPSA) is 54.3 Å². The van der Waals surface area contributed by atoms with Crippen LogP contribution in [0.15, 0.2) is 35.5 Å². The van der Waals surface area contributed by atoms with Gasteiger partial charge in [-0.1, -0.05) is 42.1 Å². The van der Waals surface area contributed by atoms with E-state index in [2.05, 4.69) is 27.2 Å². The first kappa shape index (κ1) is 19.7. The van der Waals surface area contributed by atoms with Crippen molar-refractivity contribution in [3.63, 3.8) is 0 Å². The van der Waals surface area contributed by atoms with Crippen LogP contribution in [0.4, 0.5) is 13.2 Å². The van der Waals surface area contributed by atoms with Crippen LogP contribution < -0.4 is 0 Å². The molecule has 1 aromatic carbocycles. The number of rotatable bonds is 5. The maximum atomic E-state index is 12.7. The average molecular weight is 399 g/mol. The van der Waals surface area contributed by atoms with Crippen LogP contribution in [0.25, 0.3) is 0 Å². The Morgan fingerprint density at radius 3 is 2.37 bits per heavy atom. The monoisotopic (exact) mass is 399 g/mol. The molecule has 0 unspecified atom stereocenters. The number of halogens is 3. The third-order valence-electron chi connectivity index (χ3n) is 4.39. The standard InChI is InChI=1S/C17H20F3N5OS/c1-23-15(17(18,19)20)21-22-16(23)27-12-14(26)25-9-7-24(8-10-25)11-13-5-3-2-4-6-13/h2-6H,7-12H2,1H3. The van der Waals surface area contributed by atoms with Crippen molar-refractivity contribution < 1.29 is 18.0 Å². The molecule has 1 aliphatic heterocycles. The molecule has 0 saturated carbocycles. The van der Waals surface area contributed by atoms with Crippen LogP contribution >= 0.6 is 11.8 Å². The summed E-state index contributed by atoms with van der Waals surface area (Å²) in [6, 6.07) is 10.1. The van der Waals surface area contributed by atoms with E-state index in [9.17, 15) is 18.0 Å². The molecular formula is C17H20F3N5OS. The van der Waals surface area contributed by atoms with E-state index in [1.807, 2.05) is 18.2 Å². The van der Waals surface area contributed by atoms with Crippen molar-refractivity contribution in [1.82, 2.24) is 24.6 Å². The van der Waals surface area contributed by atoms with Crippen LogP contribution in [0.3, 0.4) is 0 Å². The summed E-state index contributed by atoms with van der Waals surface area (Å²) in [6.45, 7) is 3.61. The summed E-state index contributed by atoms with van der Waals surface area (Å²) in [4.78, 5) is 16.4. The number of thioether (sulfide) groups is 1. The van der Waals surface area contributed by atoms with Crippen LogP contribution in [0.5, 0.6) is 0 Å². The van der Waals surface area contributed by atoms with Gasteiger partial charge in [0.15, 0.2) is 5.16 Å². The molecule has 0 spiro atoms. The Labute approximate surface area is 159 Å². The molecule has 0 radical (unpaired) electrons. The molecule has 0 bridgehead atoms. The van der Waals surface area contributed by atoms with Crippen LogP contribution in [0.1, 0.15) is 11.4 Å². The Balaban J connectivity index is 1.47. The number of piperazine rings is 1. The van der Waals surface area contributed by atoms with Gasteiger partial charge in [0.25, 0.3) is 0 Å². The number of aromatic nitrogens is 3. The SMILES string of the molecule is Cn1c(SCC(=O)N2CCN(Cc3ccccc3)CC2)nnc1C(F)(F)F. The minimum atomic E-state index is -4.56. The second kappa shape index (κ2) is 8.30. The highest BCUT2D eigenvalue weighted by Gasteiger charge is 2.37. The molecule has 1 fully saturated rings. The zero-order valence-corrected chi connectivity index (χ0v) is 15.6. The fourth-order valence-corrected chi connectivity index (χ4v) is 3.72. The number of nitrogens with zero attached hydrogens (tertiary/aromatic N) is 5. The molecule has 0 N–H and O–H groups in total. The predicted molar refractivity (Wildman–Crippen MR) is 95.0 cm³/mol. The van der Waals surface area contributed by atoms with E-state index in [0.717, 1.165) is 36.0 Å². The molecule has 27 heavy (non-hydrogen) atoms. The molecule has 2 heterocycles. The van der Waals surface area contributed by atoms with E-state index in [-0.39, 0.29) is 16.8 Å². The Hall–Kier alpha value is -2.07. The number of carbonyl (C=O) groups is 1. The third kappa shape index (κ3) is 5.01. The van der Waals surface area contributed by atoms with E-state index in [1.54, 1.807) is 4.90 Å². The Kier molecular flexibility index (Phi) is 6.05. The minimum Gasteiger partial charge on any atom is -0.339 e. The summed E-state index contributed by atoms with van der Waals surface area (Å²) < 4.78 is 39.1. The van der Waals surface area contributed by atoms with Crippen molar-refractivity contribution in [2.24, 2.45) is 7.05 Å². The highest BCUT2D eigenvalue weighted by atomic mass is 32.2. The Bertz CT molecular complexity index is 773.